The molecular formula is C14H21N3O3S. The van der Waals surface area contributed by atoms with E-state index in [0.717, 1.165) is 0 Å². The lowest BCUT2D eigenvalue weighted by Crippen LogP contribution is -2.35. The molecule has 0 aliphatic carbocycles. The summed E-state index contributed by atoms with van der Waals surface area (Å²) in [7, 11) is -0.921. The standard InChI is InChI=1S/C14H21N3O3S/c1-17(12-6-9-21(18,19)10-12)7-8-20-13-4-2-11(3-5-13)14(15)16/h2-5,12H,6-10H2,1H3,(H3,15,16). The van der Waals surface area contributed by atoms with E-state index in [-0.39, 0.29) is 23.4 Å². The zero-order chi connectivity index (χ0) is 15.5. The Bertz CT molecular complexity index is 598. The van der Waals surface area contributed by atoms with Crippen molar-refractivity contribution in [3.63, 3.8) is 0 Å². The van der Waals surface area contributed by atoms with Gasteiger partial charge in [-0.25, -0.2) is 8.42 Å². The van der Waals surface area contributed by atoms with Crippen molar-refractivity contribution in [2.45, 2.75) is 12.5 Å². The average Bonchev–Trinajstić information content (AvgIpc) is 2.79. The summed E-state index contributed by atoms with van der Waals surface area (Å²) in [4.78, 5) is 2.04. The van der Waals surface area contributed by atoms with E-state index in [1.54, 1.807) is 24.3 Å². The third-order valence-corrected chi connectivity index (χ3v) is 5.46. The maximum Gasteiger partial charge on any atom is 0.151 e. The highest BCUT2D eigenvalue weighted by molar-refractivity contribution is 7.91. The number of ether oxygens (including phenoxy) is 1. The van der Waals surface area contributed by atoms with Crippen molar-refractivity contribution in [2.75, 3.05) is 31.7 Å². The first kappa shape index (κ1) is 15.8. The summed E-state index contributed by atoms with van der Waals surface area (Å²) >= 11 is 0. The maximum absolute atomic E-state index is 11.4. The molecule has 0 spiro atoms. The number of nitrogens with zero attached hydrogens (tertiary/aromatic N) is 1. The van der Waals surface area contributed by atoms with Gasteiger partial charge in [-0.1, -0.05) is 0 Å². The fraction of sp³-hybridized carbons (Fsp3) is 0.500. The molecule has 1 aliphatic rings. The van der Waals surface area contributed by atoms with Crippen LogP contribution in [-0.4, -0.2) is 56.9 Å². The Balaban J connectivity index is 1.77. The summed E-state index contributed by atoms with van der Waals surface area (Å²) in [5.41, 5.74) is 6.04. The Morgan fingerprint density at radius 3 is 2.62 bits per heavy atom. The zero-order valence-electron chi connectivity index (χ0n) is 12.1. The largest absolute Gasteiger partial charge is 0.492 e. The molecule has 6 nitrogen and oxygen atoms in total. The van der Waals surface area contributed by atoms with Crippen LogP contribution < -0.4 is 10.5 Å². The lowest BCUT2D eigenvalue weighted by molar-refractivity contribution is 0.202. The van der Waals surface area contributed by atoms with Crippen LogP contribution in [0.2, 0.25) is 0 Å². The second-order valence-electron chi connectivity index (χ2n) is 5.32. The minimum Gasteiger partial charge on any atom is -0.492 e. The van der Waals surface area contributed by atoms with E-state index in [4.69, 9.17) is 15.9 Å². The van der Waals surface area contributed by atoms with Gasteiger partial charge in [-0.05, 0) is 37.7 Å². The van der Waals surface area contributed by atoms with Crippen molar-refractivity contribution < 1.29 is 13.2 Å². The van der Waals surface area contributed by atoms with Gasteiger partial charge >= 0.3 is 0 Å². The molecule has 1 aromatic carbocycles. The van der Waals surface area contributed by atoms with E-state index in [0.29, 0.717) is 30.9 Å². The van der Waals surface area contributed by atoms with Crippen LogP contribution in [0.25, 0.3) is 0 Å². The van der Waals surface area contributed by atoms with Crippen molar-refractivity contribution in [1.82, 2.24) is 4.90 Å². The molecule has 1 heterocycles. The smallest absolute Gasteiger partial charge is 0.151 e. The minimum absolute atomic E-state index is 0.0312. The topological polar surface area (TPSA) is 96.5 Å². The van der Waals surface area contributed by atoms with Gasteiger partial charge in [-0.2, -0.15) is 0 Å². The average molecular weight is 311 g/mol. The quantitative estimate of drug-likeness (QED) is 0.588. The Morgan fingerprint density at radius 1 is 1.43 bits per heavy atom. The molecule has 1 fully saturated rings. The van der Waals surface area contributed by atoms with E-state index >= 15 is 0 Å². The van der Waals surface area contributed by atoms with Gasteiger partial charge in [0.15, 0.2) is 9.84 Å². The Kier molecular flexibility index (Phi) is 4.84. The van der Waals surface area contributed by atoms with Crippen LogP contribution in [0, 0.1) is 5.41 Å². The summed E-state index contributed by atoms with van der Waals surface area (Å²) in [6.45, 7) is 1.17. The van der Waals surface area contributed by atoms with E-state index in [1.807, 2.05) is 11.9 Å². The number of nitrogens with two attached hydrogens (primary N) is 1. The molecule has 2 rings (SSSR count). The SMILES string of the molecule is CN(CCOc1ccc(C(=N)N)cc1)C1CCS(=O)(=O)C1. The third-order valence-electron chi connectivity index (χ3n) is 3.71. The molecule has 1 aliphatic heterocycles. The van der Waals surface area contributed by atoms with Gasteiger partial charge in [0.1, 0.15) is 18.2 Å². The Labute approximate surface area is 125 Å². The maximum atomic E-state index is 11.4. The minimum atomic E-state index is -2.85. The molecule has 0 saturated carbocycles. The Hall–Kier alpha value is -1.60. The molecule has 21 heavy (non-hydrogen) atoms. The molecule has 116 valence electrons. The summed E-state index contributed by atoms with van der Waals surface area (Å²) in [6, 6.07) is 7.13. The highest BCUT2D eigenvalue weighted by Crippen LogP contribution is 2.16. The van der Waals surface area contributed by atoms with Gasteiger partial charge in [0.05, 0.1) is 11.5 Å². The summed E-state index contributed by atoms with van der Waals surface area (Å²) in [5, 5.41) is 7.31. The van der Waals surface area contributed by atoms with Crippen LogP contribution in [0.3, 0.4) is 0 Å². The molecule has 0 amide bonds. The predicted molar refractivity (Wildman–Crippen MR) is 82.6 cm³/mol. The molecule has 0 bridgehead atoms. The highest BCUT2D eigenvalue weighted by Gasteiger charge is 2.30. The van der Waals surface area contributed by atoms with Crippen LogP contribution >= 0.6 is 0 Å². The number of hydrogen-bond donors (Lipinski definition) is 2. The molecule has 1 unspecified atom stereocenters. The van der Waals surface area contributed by atoms with E-state index in [9.17, 15) is 8.42 Å². The number of benzene rings is 1. The lowest BCUT2D eigenvalue weighted by Gasteiger charge is -2.22. The number of hydrogen-bond acceptors (Lipinski definition) is 5. The second kappa shape index (κ2) is 6.44. The molecule has 0 radical (unpaired) electrons. The lowest BCUT2D eigenvalue weighted by atomic mass is 10.2. The van der Waals surface area contributed by atoms with Crippen molar-refractivity contribution in [1.29, 1.82) is 5.41 Å². The van der Waals surface area contributed by atoms with Gasteiger partial charge in [0, 0.05) is 18.2 Å². The van der Waals surface area contributed by atoms with E-state index < -0.39 is 9.84 Å². The third kappa shape index (κ3) is 4.44. The molecule has 7 heteroatoms. The number of nitrogens with one attached hydrogen (secondary N) is 1. The first-order valence-corrected chi connectivity index (χ1v) is 8.67. The molecule has 1 saturated heterocycles. The van der Waals surface area contributed by atoms with Crippen LogP contribution in [0.4, 0.5) is 0 Å². The molecule has 3 N–H and O–H groups in total. The zero-order valence-corrected chi connectivity index (χ0v) is 12.9. The van der Waals surface area contributed by atoms with Crippen LogP contribution in [0.5, 0.6) is 5.75 Å². The molecule has 0 aromatic heterocycles. The van der Waals surface area contributed by atoms with E-state index in [1.165, 1.54) is 0 Å². The van der Waals surface area contributed by atoms with Gasteiger partial charge in [-0.15, -0.1) is 0 Å². The fourth-order valence-corrected chi connectivity index (χ4v) is 4.15. The molecular weight excluding hydrogens is 290 g/mol. The summed E-state index contributed by atoms with van der Waals surface area (Å²) in [6.07, 6.45) is 0.701. The second-order valence-corrected chi connectivity index (χ2v) is 7.55. The predicted octanol–water partition coefficient (Wildman–Crippen LogP) is 0.468. The van der Waals surface area contributed by atoms with Crippen LogP contribution in [-0.2, 0) is 9.84 Å². The normalized spacial score (nSPS) is 20.6. The first-order valence-electron chi connectivity index (χ1n) is 6.85. The number of amidine groups is 1. The fourth-order valence-electron chi connectivity index (χ4n) is 2.34. The van der Waals surface area contributed by atoms with Gasteiger partial charge in [-0.3, -0.25) is 10.3 Å². The summed E-state index contributed by atoms with van der Waals surface area (Å²) in [5.74, 6) is 1.28. The van der Waals surface area contributed by atoms with Crippen LogP contribution in [0.1, 0.15) is 12.0 Å². The van der Waals surface area contributed by atoms with Crippen molar-refractivity contribution in [2.24, 2.45) is 5.73 Å². The number of nitrogen functional groups attached to an aromatic ring is 1. The number of rotatable bonds is 6. The van der Waals surface area contributed by atoms with Crippen molar-refractivity contribution >= 4 is 15.7 Å². The van der Waals surface area contributed by atoms with Crippen LogP contribution in [0.15, 0.2) is 24.3 Å². The monoisotopic (exact) mass is 311 g/mol. The summed E-state index contributed by atoms with van der Waals surface area (Å²) < 4.78 is 28.5. The highest BCUT2D eigenvalue weighted by atomic mass is 32.2. The first-order chi connectivity index (χ1) is 9.87. The van der Waals surface area contributed by atoms with Gasteiger partial charge in [0.25, 0.3) is 0 Å². The number of sulfone groups is 1. The molecule has 1 aromatic rings. The Morgan fingerprint density at radius 2 is 2.10 bits per heavy atom. The van der Waals surface area contributed by atoms with Crippen molar-refractivity contribution in [3.05, 3.63) is 29.8 Å². The van der Waals surface area contributed by atoms with E-state index in [2.05, 4.69) is 0 Å². The van der Waals surface area contributed by atoms with Gasteiger partial charge < -0.3 is 10.5 Å². The van der Waals surface area contributed by atoms with Gasteiger partial charge in [0.2, 0.25) is 0 Å². The molecule has 1 atom stereocenters. The van der Waals surface area contributed by atoms with Crippen molar-refractivity contribution in [3.8, 4) is 5.75 Å². The number of likely N-dealkylation sites (N-methyl/N-ethyl adjacent to an activating group) is 1.